The van der Waals surface area contributed by atoms with Crippen LogP contribution in [0, 0.1) is 13.8 Å². The molecule has 0 atom stereocenters. The summed E-state index contributed by atoms with van der Waals surface area (Å²) in [7, 11) is 4.37. The van der Waals surface area contributed by atoms with Gasteiger partial charge in [0, 0.05) is 18.6 Å². The molecule has 2 aromatic rings. The summed E-state index contributed by atoms with van der Waals surface area (Å²) in [4.78, 5) is 24.4. The molecule has 3 heterocycles. The van der Waals surface area contributed by atoms with E-state index in [0.29, 0.717) is 6.54 Å². The van der Waals surface area contributed by atoms with Gasteiger partial charge >= 0.3 is 6.03 Å². The Labute approximate surface area is 191 Å². The second-order valence-corrected chi connectivity index (χ2v) is 10.3. The lowest BCUT2D eigenvalue weighted by atomic mass is 9.68. The van der Waals surface area contributed by atoms with E-state index in [1.54, 1.807) is 0 Å². The highest BCUT2D eigenvalue weighted by Gasteiger charge is 2.50. The Hall–Kier alpha value is -2.60. The molecule has 0 radical (unpaired) electrons. The van der Waals surface area contributed by atoms with Crippen LogP contribution in [-0.4, -0.2) is 55.2 Å². The fraction of sp³-hybridized carbons (Fsp3) is 0.538. The summed E-state index contributed by atoms with van der Waals surface area (Å²) in [6.45, 7) is 7.12. The zero-order valence-electron chi connectivity index (χ0n) is 19.8. The van der Waals surface area contributed by atoms with Crippen molar-refractivity contribution in [3.63, 3.8) is 0 Å². The van der Waals surface area contributed by atoms with Crippen molar-refractivity contribution < 1.29 is 4.79 Å². The second kappa shape index (κ2) is 7.77. The highest BCUT2D eigenvalue weighted by Crippen LogP contribution is 2.46. The van der Waals surface area contributed by atoms with Crippen LogP contribution in [0.3, 0.4) is 0 Å². The fourth-order valence-electron chi connectivity index (χ4n) is 5.82. The molecule has 1 spiro atoms. The largest absolute Gasteiger partial charge is 0.370 e. The molecule has 2 saturated heterocycles. The SMILES string of the molecule is Cc1cccc(C2(N(C)C)CCC3(CC2)CN(c2ncc(N4CCC4)cc2C)C(=O)N3)c1. The third kappa shape index (κ3) is 3.45. The number of amides is 2. The van der Waals surface area contributed by atoms with Crippen LogP contribution in [0.2, 0.25) is 0 Å². The molecule has 32 heavy (non-hydrogen) atoms. The summed E-state index contributed by atoms with van der Waals surface area (Å²) in [6.07, 6.45) is 7.15. The van der Waals surface area contributed by atoms with Gasteiger partial charge in [-0.3, -0.25) is 9.80 Å². The van der Waals surface area contributed by atoms with E-state index < -0.39 is 0 Å². The second-order valence-electron chi connectivity index (χ2n) is 10.3. The summed E-state index contributed by atoms with van der Waals surface area (Å²) >= 11 is 0. The molecule has 170 valence electrons. The number of nitrogens with one attached hydrogen (secondary N) is 1. The molecule has 1 aromatic heterocycles. The molecule has 5 rings (SSSR count). The molecule has 6 heteroatoms. The number of aryl methyl sites for hydroxylation is 2. The predicted molar refractivity (Wildman–Crippen MR) is 129 cm³/mol. The number of urea groups is 1. The van der Waals surface area contributed by atoms with Crippen LogP contribution in [0.4, 0.5) is 16.3 Å². The van der Waals surface area contributed by atoms with Crippen molar-refractivity contribution in [2.24, 2.45) is 0 Å². The lowest BCUT2D eigenvalue weighted by molar-refractivity contribution is 0.0657. The summed E-state index contributed by atoms with van der Waals surface area (Å²) in [5.74, 6) is 0.798. The number of anilines is 2. The first kappa shape index (κ1) is 21.3. The molecule has 2 amide bonds. The van der Waals surface area contributed by atoms with E-state index in [2.05, 4.69) is 73.4 Å². The molecule has 1 saturated carbocycles. The number of benzene rings is 1. The maximum absolute atomic E-state index is 13.1. The Bertz CT molecular complexity index is 1020. The molecule has 0 bridgehead atoms. The zero-order valence-corrected chi connectivity index (χ0v) is 19.8. The van der Waals surface area contributed by atoms with Gasteiger partial charge in [0.15, 0.2) is 0 Å². The van der Waals surface area contributed by atoms with Crippen molar-refractivity contribution in [1.29, 1.82) is 0 Å². The van der Waals surface area contributed by atoms with Crippen LogP contribution in [0.5, 0.6) is 0 Å². The van der Waals surface area contributed by atoms with Crippen molar-refractivity contribution in [2.45, 2.75) is 57.0 Å². The minimum atomic E-state index is -0.176. The summed E-state index contributed by atoms with van der Waals surface area (Å²) in [6, 6.07) is 11.1. The fourth-order valence-corrected chi connectivity index (χ4v) is 5.82. The standard InChI is InChI=1S/C26H35N5O/c1-19-7-5-8-21(15-19)26(29(3)4)11-9-25(10-12-26)18-31(24(32)28-25)23-20(2)16-22(17-27-23)30-13-6-14-30/h5,7-8,15-17H,6,9-14,18H2,1-4H3,(H,28,32). The van der Waals surface area contributed by atoms with Gasteiger partial charge in [0.05, 0.1) is 24.0 Å². The van der Waals surface area contributed by atoms with Gasteiger partial charge in [0.1, 0.15) is 5.82 Å². The quantitative estimate of drug-likeness (QED) is 0.785. The van der Waals surface area contributed by atoms with Gasteiger partial charge in [-0.2, -0.15) is 0 Å². The minimum Gasteiger partial charge on any atom is -0.370 e. The number of carbonyl (C=O) groups excluding carboxylic acids is 1. The summed E-state index contributed by atoms with van der Waals surface area (Å²) in [5, 5.41) is 3.36. The Morgan fingerprint density at radius 2 is 1.81 bits per heavy atom. The molecular weight excluding hydrogens is 398 g/mol. The van der Waals surface area contributed by atoms with Crippen molar-refractivity contribution in [3.8, 4) is 0 Å². The molecule has 1 N–H and O–H groups in total. The molecule has 3 fully saturated rings. The first-order valence-electron chi connectivity index (χ1n) is 11.9. The van der Waals surface area contributed by atoms with Crippen LogP contribution in [0.15, 0.2) is 36.5 Å². The molecule has 1 aliphatic carbocycles. The van der Waals surface area contributed by atoms with Crippen molar-refractivity contribution in [2.75, 3.05) is 43.5 Å². The third-order valence-corrected chi connectivity index (χ3v) is 8.04. The van der Waals surface area contributed by atoms with Gasteiger partial charge in [0.2, 0.25) is 0 Å². The minimum absolute atomic E-state index is 0.00907. The van der Waals surface area contributed by atoms with Gasteiger partial charge in [-0.05, 0) is 77.2 Å². The van der Waals surface area contributed by atoms with Crippen LogP contribution >= 0.6 is 0 Å². The molecule has 3 aliphatic rings. The van der Waals surface area contributed by atoms with E-state index in [1.807, 2.05) is 11.1 Å². The molecule has 1 aromatic carbocycles. The Kier molecular flexibility index (Phi) is 5.16. The Morgan fingerprint density at radius 1 is 1.06 bits per heavy atom. The third-order valence-electron chi connectivity index (χ3n) is 8.04. The van der Waals surface area contributed by atoms with Crippen LogP contribution in [0.25, 0.3) is 0 Å². The van der Waals surface area contributed by atoms with Gasteiger partial charge in [0.25, 0.3) is 0 Å². The smallest absolute Gasteiger partial charge is 0.323 e. The Balaban J connectivity index is 1.35. The lowest BCUT2D eigenvalue weighted by Crippen LogP contribution is -2.54. The maximum atomic E-state index is 13.1. The van der Waals surface area contributed by atoms with E-state index >= 15 is 0 Å². The first-order valence-corrected chi connectivity index (χ1v) is 11.9. The van der Waals surface area contributed by atoms with Crippen LogP contribution < -0.4 is 15.1 Å². The van der Waals surface area contributed by atoms with E-state index in [4.69, 9.17) is 4.98 Å². The number of rotatable bonds is 4. The average Bonchev–Trinajstić information content (AvgIpc) is 3.03. The van der Waals surface area contributed by atoms with E-state index in [9.17, 15) is 4.79 Å². The van der Waals surface area contributed by atoms with Crippen molar-refractivity contribution in [1.82, 2.24) is 15.2 Å². The lowest BCUT2D eigenvalue weighted by Gasteiger charge is -2.48. The predicted octanol–water partition coefficient (Wildman–Crippen LogP) is 4.21. The van der Waals surface area contributed by atoms with Crippen molar-refractivity contribution >= 4 is 17.5 Å². The number of nitrogens with zero attached hydrogens (tertiary/aromatic N) is 4. The number of aromatic nitrogens is 1. The topological polar surface area (TPSA) is 51.7 Å². The summed E-state index contributed by atoms with van der Waals surface area (Å²) < 4.78 is 0. The van der Waals surface area contributed by atoms with Crippen LogP contribution in [-0.2, 0) is 5.54 Å². The van der Waals surface area contributed by atoms with Gasteiger partial charge < -0.3 is 10.2 Å². The van der Waals surface area contributed by atoms with E-state index in [0.717, 1.165) is 50.2 Å². The average molecular weight is 434 g/mol. The summed E-state index contributed by atoms with van der Waals surface area (Å²) in [5.41, 5.74) is 4.76. The maximum Gasteiger partial charge on any atom is 0.323 e. The molecule has 0 unspecified atom stereocenters. The number of carbonyl (C=O) groups is 1. The van der Waals surface area contributed by atoms with Crippen LogP contribution in [0.1, 0.15) is 48.8 Å². The number of hydrogen-bond acceptors (Lipinski definition) is 4. The highest BCUT2D eigenvalue weighted by atomic mass is 16.2. The zero-order chi connectivity index (χ0) is 22.5. The van der Waals surface area contributed by atoms with Gasteiger partial charge in [-0.15, -0.1) is 0 Å². The number of pyridine rings is 1. The van der Waals surface area contributed by atoms with Gasteiger partial charge in [-0.1, -0.05) is 29.8 Å². The highest BCUT2D eigenvalue weighted by molar-refractivity contribution is 5.95. The Morgan fingerprint density at radius 3 is 2.41 bits per heavy atom. The first-order chi connectivity index (χ1) is 15.3. The normalized spacial score (nSPS) is 27.7. The monoisotopic (exact) mass is 433 g/mol. The molecule has 6 nitrogen and oxygen atoms in total. The van der Waals surface area contributed by atoms with Gasteiger partial charge in [-0.25, -0.2) is 9.78 Å². The molecule has 2 aliphatic heterocycles. The number of hydrogen-bond donors (Lipinski definition) is 1. The molecular formula is C26H35N5O. The van der Waals surface area contributed by atoms with E-state index in [1.165, 1.54) is 23.2 Å². The van der Waals surface area contributed by atoms with Crippen molar-refractivity contribution in [3.05, 3.63) is 53.2 Å². The van der Waals surface area contributed by atoms with E-state index in [-0.39, 0.29) is 17.1 Å².